The van der Waals surface area contributed by atoms with Gasteiger partial charge in [-0.05, 0) is 36.6 Å². The van der Waals surface area contributed by atoms with Crippen molar-refractivity contribution in [3.8, 4) is 0 Å². The van der Waals surface area contributed by atoms with Crippen LogP contribution in [0.5, 0.6) is 0 Å². The Bertz CT molecular complexity index is 377. The van der Waals surface area contributed by atoms with Crippen LogP contribution in [-0.2, 0) is 11.2 Å². The van der Waals surface area contributed by atoms with E-state index in [1.54, 1.807) is 11.3 Å². The average molecular weight is 266 g/mol. The lowest BCUT2D eigenvalue weighted by atomic mass is 9.90. The largest absolute Gasteiger partial charge is 0.338 e. The molecule has 2 atom stereocenters. The Balaban J connectivity index is 1.90. The molecule has 0 aliphatic carbocycles. The SMILES string of the molecule is CC1CCCN(C(=O)CCc2cccs2)C1CN. The Labute approximate surface area is 113 Å². The van der Waals surface area contributed by atoms with Crippen LogP contribution in [0.15, 0.2) is 17.5 Å². The number of hydrogen-bond acceptors (Lipinski definition) is 3. The van der Waals surface area contributed by atoms with E-state index < -0.39 is 0 Å². The minimum absolute atomic E-state index is 0.245. The van der Waals surface area contributed by atoms with Gasteiger partial charge in [0.25, 0.3) is 0 Å². The number of nitrogens with two attached hydrogens (primary N) is 1. The number of thiophene rings is 1. The number of likely N-dealkylation sites (tertiary alicyclic amines) is 1. The maximum Gasteiger partial charge on any atom is 0.223 e. The number of piperidine rings is 1. The predicted molar refractivity (Wildman–Crippen MR) is 75.6 cm³/mol. The molecule has 1 aliphatic heterocycles. The molecule has 1 aromatic rings. The van der Waals surface area contributed by atoms with E-state index >= 15 is 0 Å². The summed E-state index contributed by atoms with van der Waals surface area (Å²) in [6.45, 7) is 3.68. The molecule has 1 saturated heterocycles. The lowest BCUT2D eigenvalue weighted by Gasteiger charge is -2.39. The van der Waals surface area contributed by atoms with Crippen LogP contribution in [0, 0.1) is 5.92 Å². The fourth-order valence-electron chi connectivity index (χ4n) is 2.75. The molecule has 1 aliphatic rings. The van der Waals surface area contributed by atoms with Gasteiger partial charge in [0.1, 0.15) is 0 Å². The lowest BCUT2D eigenvalue weighted by Crippen LogP contribution is -2.51. The van der Waals surface area contributed by atoms with Crippen molar-refractivity contribution in [1.29, 1.82) is 0 Å². The fourth-order valence-corrected chi connectivity index (χ4v) is 3.46. The topological polar surface area (TPSA) is 46.3 Å². The molecular formula is C14H22N2OS. The molecular weight excluding hydrogens is 244 g/mol. The van der Waals surface area contributed by atoms with E-state index in [2.05, 4.69) is 18.4 Å². The predicted octanol–water partition coefficient (Wildman–Crippen LogP) is 2.27. The quantitative estimate of drug-likeness (QED) is 0.908. The summed E-state index contributed by atoms with van der Waals surface area (Å²) in [4.78, 5) is 15.6. The maximum atomic E-state index is 12.3. The highest BCUT2D eigenvalue weighted by molar-refractivity contribution is 7.09. The van der Waals surface area contributed by atoms with Crippen molar-refractivity contribution in [2.24, 2.45) is 11.7 Å². The zero-order valence-electron chi connectivity index (χ0n) is 11.0. The summed E-state index contributed by atoms with van der Waals surface area (Å²) in [6, 6.07) is 4.38. The Morgan fingerprint density at radius 2 is 2.44 bits per heavy atom. The summed E-state index contributed by atoms with van der Waals surface area (Å²) in [5, 5.41) is 2.06. The van der Waals surface area contributed by atoms with Crippen molar-refractivity contribution in [3.05, 3.63) is 22.4 Å². The Morgan fingerprint density at radius 3 is 3.11 bits per heavy atom. The van der Waals surface area contributed by atoms with Crippen molar-refractivity contribution < 1.29 is 4.79 Å². The molecule has 4 heteroatoms. The van der Waals surface area contributed by atoms with E-state index in [0.717, 1.165) is 19.4 Å². The van der Waals surface area contributed by atoms with Crippen molar-refractivity contribution in [2.75, 3.05) is 13.1 Å². The molecule has 18 heavy (non-hydrogen) atoms. The van der Waals surface area contributed by atoms with Gasteiger partial charge in [0.05, 0.1) is 0 Å². The molecule has 2 unspecified atom stereocenters. The highest BCUT2D eigenvalue weighted by atomic mass is 32.1. The van der Waals surface area contributed by atoms with Gasteiger partial charge in [-0.25, -0.2) is 0 Å². The van der Waals surface area contributed by atoms with Gasteiger partial charge < -0.3 is 10.6 Å². The first-order valence-corrected chi connectivity index (χ1v) is 7.62. The number of hydrogen-bond donors (Lipinski definition) is 1. The zero-order valence-corrected chi connectivity index (χ0v) is 11.8. The van der Waals surface area contributed by atoms with Gasteiger partial charge in [-0.3, -0.25) is 4.79 Å². The third-order valence-electron chi connectivity index (χ3n) is 3.84. The Morgan fingerprint density at radius 1 is 1.61 bits per heavy atom. The van der Waals surface area contributed by atoms with Crippen LogP contribution in [0.25, 0.3) is 0 Å². The number of aryl methyl sites for hydroxylation is 1. The number of carbonyl (C=O) groups is 1. The second-order valence-electron chi connectivity index (χ2n) is 5.09. The number of rotatable bonds is 4. The van der Waals surface area contributed by atoms with Gasteiger partial charge in [-0.15, -0.1) is 11.3 Å². The van der Waals surface area contributed by atoms with Gasteiger partial charge in [0.2, 0.25) is 5.91 Å². The molecule has 2 rings (SSSR count). The minimum Gasteiger partial charge on any atom is -0.338 e. The summed E-state index contributed by atoms with van der Waals surface area (Å²) in [7, 11) is 0. The van der Waals surface area contributed by atoms with Crippen LogP contribution < -0.4 is 5.73 Å². The van der Waals surface area contributed by atoms with Crippen molar-refractivity contribution in [3.63, 3.8) is 0 Å². The first-order chi connectivity index (χ1) is 8.72. The molecule has 2 N–H and O–H groups in total. The van der Waals surface area contributed by atoms with Crippen LogP contribution in [0.4, 0.5) is 0 Å². The smallest absolute Gasteiger partial charge is 0.223 e. The van der Waals surface area contributed by atoms with E-state index in [9.17, 15) is 4.79 Å². The summed E-state index contributed by atoms with van der Waals surface area (Å²) < 4.78 is 0. The van der Waals surface area contributed by atoms with Crippen LogP contribution >= 0.6 is 11.3 Å². The van der Waals surface area contributed by atoms with Crippen molar-refractivity contribution >= 4 is 17.2 Å². The third-order valence-corrected chi connectivity index (χ3v) is 4.78. The van der Waals surface area contributed by atoms with Crippen LogP contribution in [0.2, 0.25) is 0 Å². The van der Waals surface area contributed by atoms with E-state index in [0.29, 0.717) is 18.9 Å². The van der Waals surface area contributed by atoms with Crippen molar-refractivity contribution in [1.82, 2.24) is 4.90 Å². The molecule has 1 aromatic heterocycles. The van der Waals surface area contributed by atoms with Gasteiger partial charge in [-0.2, -0.15) is 0 Å². The average Bonchev–Trinajstić information content (AvgIpc) is 2.88. The molecule has 0 saturated carbocycles. The molecule has 0 bridgehead atoms. The summed E-state index contributed by atoms with van der Waals surface area (Å²) >= 11 is 1.72. The second-order valence-corrected chi connectivity index (χ2v) is 6.12. The van der Waals surface area contributed by atoms with Gasteiger partial charge in [-0.1, -0.05) is 13.0 Å². The highest BCUT2D eigenvalue weighted by Gasteiger charge is 2.30. The van der Waals surface area contributed by atoms with E-state index in [1.807, 2.05) is 11.0 Å². The molecule has 0 aromatic carbocycles. The van der Waals surface area contributed by atoms with Crippen LogP contribution in [-0.4, -0.2) is 29.9 Å². The lowest BCUT2D eigenvalue weighted by molar-refractivity contribution is -0.136. The molecule has 1 fully saturated rings. The fraction of sp³-hybridized carbons (Fsp3) is 0.643. The molecule has 1 amide bonds. The first kappa shape index (κ1) is 13.6. The van der Waals surface area contributed by atoms with Gasteiger partial charge >= 0.3 is 0 Å². The minimum atomic E-state index is 0.245. The van der Waals surface area contributed by atoms with E-state index in [4.69, 9.17) is 5.73 Å². The maximum absolute atomic E-state index is 12.3. The molecule has 2 heterocycles. The van der Waals surface area contributed by atoms with Gasteiger partial charge in [0.15, 0.2) is 0 Å². The first-order valence-electron chi connectivity index (χ1n) is 6.74. The van der Waals surface area contributed by atoms with Crippen LogP contribution in [0.1, 0.15) is 31.1 Å². The van der Waals surface area contributed by atoms with Crippen molar-refractivity contribution in [2.45, 2.75) is 38.6 Å². The summed E-state index contributed by atoms with van der Waals surface area (Å²) in [5.41, 5.74) is 5.82. The normalized spacial score (nSPS) is 24.2. The zero-order chi connectivity index (χ0) is 13.0. The van der Waals surface area contributed by atoms with E-state index in [-0.39, 0.29) is 11.9 Å². The third kappa shape index (κ3) is 3.12. The molecule has 0 radical (unpaired) electrons. The summed E-state index contributed by atoms with van der Waals surface area (Å²) in [5.74, 6) is 0.805. The second kappa shape index (κ2) is 6.34. The summed E-state index contributed by atoms with van der Waals surface area (Å²) in [6.07, 6.45) is 3.78. The van der Waals surface area contributed by atoms with Gasteiger partial charge in [0, 0.05) is 30.4 Å². The molecule has 0 spiro atoms. The Hall–Kier alpha value is -0.870. The number of amides is 1. The van der Waals surface area contributed by atoms with E-state index in [1.165, 1.54) is 11.3 Å². The molecule has 100 valence electrons. The number of carbonyl (C=O) groups excluding carboxylic acids is 1. The van der Waals surface area contributed by atoms with Crippen LogP contribution in [0.3, 0.4) is 0 Å². The Kier molecular flexibility index (Phi) is 4.78. The highest BCUT2D eigenvalue weighted by Crippen LogP contribution is 2.23. The monoisotopic (exact) mass is 266 g/mol. The number of nitrogens with zero attached hydrogens (tertiary/aromatic N) is 1. The molecule has 3 nitrogen and oxygen atoms in total. The standard InChI is InChI=1S/C14H22N2OS/c1-11-4-2-8-16(13(11)10-15)14(17)7-6-12-5-3-9-18-12/h3,5,9,11,13H,2,4,6-8,10,15H2,1H3.